The van der Waals surface area contributed by atoms with Crippen molar-refractivity contribution in [1.82, 2.24) is 4.98 Å². The molecule has 0 saturated heterocycles. The van der Waals surface area contributed by atoms with Crippen LogP contribution in [0.3, 0.4) is 0 Å². The lowest BCUT2D eigenvalue weighted by Crippen LogP contribution is -1.88. The van der Waals surface area contributed by atoms with Crippen molar-refractivity contribution in [1.29, 1.82) is 0 Å². The topological polar surface area (TPSA) is 36.0 Å². The molecule has 0 spiro atoms. The molecular formula is C14H13NOS. The Hall–Kier alpha value is -1.58. The number of hydrogen-bond donors (Lipinski definition) is 2. The Balaban J connectivity index is 2.20. The molecule has 0 fully saturated rings. The molecule has 0 aliphatic carbocycles. The molecule has 3 rings (SSSR count). The fourth-order valence-electron chi connectivity index (χ4n) is 2.08. The molecule has 0 radical (unpaired) electrons. The molecule has 17 heavy (non-hydrogen) atoms. The summed E-state index contributed by atoms with van der Waals surface area (Å²) in [5.74, 6) is 0. The van der Waals surface area contributed by atoms with Gasteiger partial charge in [-0.15, -0.1) is 11.3 Å². The third-order valence-corrected chi connectivity index (χ3v) is 3.89. The third-order valence-electron chi connectivity index (χ3n) is 2.97. The van der Waals surface area contributed by atoms with Crippen LogP contribution in [0.5, 0.6) is 0 Å². The highest BCUT2D eigenvalue weighted by Crippen LogP contribution is 2.31. The number of benzene rings is 1. The number of rotatable bonds is 2. The van der Waals surface area contributed by atoms with Gasteiger partial charge in [-0.25, -0.2) is 0 Å². The first-order chi connectivity index (χ1) is 8.25. The number of hydrogen-bond acceptors (Lipinski definition) is 2. The van der Waals surface area contributed by atoms with Crippen LogP contribution >= 0.6 is 11.3 Å². The van der Waals surface area contributed by atoms with Crippen LogP contribution < -0.4 is 0 Å². The Labute approximate surface area is 104 Å². The molecule has 2 N–H and O–H groups in total. The number of fused-ring (bicyclic) bond motifs is 1. The fourth-order valence-corrected chi connectivity index (χ4v) is 2.81. The van der Waals surface area contributed by atoms with Crippen molar-refractivity contribution >= 4 is 22.2 Å². The van der Waals surface area contributed by atoms with Crippen molar-refractivity contribution in [3.63, 3.8) is 0 Å². The summed E-state index contributed by atoms with van der Waals surface area (Å²) in [4.78, 5) is 4.44. The van der Waals surface area contributed by atoms with Gasteiger partial charge >= 0.3 is 0 Å². The van der Waals surface area contributed by atoms with Crippen LogP contribution in [0.25, 0.3) is 21.3 Å². The summed E-state index contributed by atoms with van der Waals surface area (Å²) < 4.78 is 0. The average Bonchev–Trinajstić information content (AvgIpc) is 2.97. The SMILES string of the molecule is CC(O)c1c[nH]c2ccc(-c3cccs3)cc12. The van der Waals surface area contributed by atoms with Crippen molar-refractivity contribution in [3.8, 4) is 10.4 Å². The second kappa shape index (κ2) is 4.02. The van der Waals surface area contributed by atoms with E-state index in [1.165, 1.54) is 10.4 Å². The fraction of sp³-hybridized carbons (Fsp3) is 0.143. The van der Waals surface area contributed by atoms with E-state index in [0.29, 0.717) is 0 Å². The Morgan fingerprint density at radius 1 is 1.29 bits per heavy atom. The number of H-pyrrole nitrogens is 1. The summed E-state index contributed by atoms with van der Waals surface area (Å²) in [6.07, 6.45) is 1.44. The molecule has 3 aromatic rings. The van der Waals surface area contributed by atoms with Gasteiger partial charge in [0.15, 0.2) is 0 Å². The Morgan fingerprint density at radius 2 is 2.18 bits per heavy atom. The van der Waals surface area contributed by atoms with E-state index in [2.05, 4.69) is 40.7 Å². The molecule has 0 aliphatic rings. The van der Waals surface area contributed by atoms with E-state index < -0.39 is 6.10 Å². The highest BCUT2D eigenvalue weighted by molar-refractivity contribution is 7.13. The van der Waals surface area contributed by atoms with Crippen LogP contribution in [-0.2, 0) is 0 Å². The van der Waals surface area contributed by atoms with Crippen molar-refractivity contribution in [2.45, 2.75) is 13.0 Å². The maximum Gasteiger partial charge on any atom is 0.0782 e. The van der Waals surface area contributed by atoms with Crippen LogP contribution in [-0.4, -0.2) is 10.1 Å². The highest BCUT2D eigenvalue weighted by Gasteiger charge is 2.09. The maximum absolute atomic E-state index is 9.71. The first-order valence-electron chi connectivity index (χ1n) is 5.58. The summed E-state index contributed by atoms with van der Waals surface area (Å²) in [6, 6.07) is 10.5. The molecular weight excluding hydrogens is 230 g/mol. The summed E-state index contributed by atoms with van der Waals surface area (Å²) in [5, 5.41) is 12.9. The monoisotopic (exact) mass is 243 g/mol. The molecule has 1 unspecified atom stereocenters. The minimum absolute atomic E-state index is 0.442. The Morgan fingerprint density at radius 3 is 2.88 bits per heavy atom. The molecule has 0 bridgehead atoms. The molecule has 1 aromatic carbocycles. The first-order valence-corrected chi connectivity index (χ1v) is 6.46. The lowest BCUT2D eigenvalue weighted by atomic mass is 10.1. The zero-order valence-corrected chi connectivity index (χ0v) is 10.3. The van der Waals surface area contributed by atoms with Gasteiger partial charge in [-0.3, -0.25) is 0 Å². The smallest absolute Gasteiger partial charge is 0.0782 e. The Kier molecular flexibility index (Phi) is 2.50. The summed E-state index contributed by atoms with van der Waals surface area (Å²) >= 11 is 1.73. The quantitative estimate of drug-likeness (QED) is 0.702. The van der Waals surface area contributed by atoms with Crippen molar-refractivity contribution in [2.75, 3.05) is 0 Å². The van der Waals surface area contributed by atoms with Crippen LogP contribution in [0, 0.1) is 0 Å². The van der Waals surface area contributed by atoms with Crippen LogP contribution in [0.1, 0.15) is 18.6 Å². The standard InChI is InChI=1S/C14H13NOS/c1-9(16)12-8-15-13-5-4-10(7-11(12)13)14-3-2-6-17-14/h2-9,15-16H,1H3. The molecule has 1 atom stereocenters. The number of aromatic nitrogens is 1. The predicted octanol–water partition coefficient (Wildman–Crippen LogP) is 3.95. The summed E-state index contributed by atoms with van der Waals surface area (Å²) in [7, 11) is 0. The lowest BCUT2D eigenvalue weighted by Gasteiger charge is -2.03. The van der Waals surface area contributed by atoms with E-state index in [9.17, 15) is 5.11 Å². The van der Waals surface area contributed by atoms with Gasteiger partial charge in [0, 0.05) is 27.5 Å². The third kappa shape index (κ3) is 1.77. The molecule has 0 aliphatic heterocycles. The molecule has 2 nitrogen and oxygen atoms in total. The van der Waals surface area contributed by atoms with E-state index in [1.54, 1.807) is 18.3 Å². The lowest BCUT2D eigenvalue weighted by molar-refractivity contribution is 0.201. The van der Waals surface area contributed by atoms with E-state index in [0.717, 1.165) is 16.5 Å². The van der Waals surface area contributed by atoms with Crippen molar-refractivity contribution < 1.29 is 5.11 Å². The minimum atomic E-state index is -0.442. The van der Waals surface area contributed by atoms with Gasteiger partial charge in [-0.05, 0) is 36.1 Å². The van der Waals surface area contributed by atoms with Crippen LogP contribution in [0.4, 0.5) is 0 Å². The molecule has 0 saturated carbocycles. The predicted molar refractivity (Wildman–Crippen MR) is 72.2 cm³/mol. The number of aliphatic hydroxyl groups excluding tert-OH is 1. The van der Waals surface area contributed by atoms with Gasteiger partial charge in [0.2, 0.25) is 0 Å². The number of aliphatic hydroxyl groups is 1. The summed E-state index contributed by atoms with van der Waals surface area (Å²) in [6.45, 7) is 1.79. The van der Waals surface area contributed by atoms with E-state index >= 15 is 0 Å². The molecule has 0 amide bonds. The first kappa shape index (κ1) is 10.6. The van der Waals surface area contributed by atoms with Crippen LogP contribution in [0.15, 0.2) is 41.9 Å². The maximum atomic E-state index is 9.71. The normalized spacial score (nSPS) is 13.1. The second-order valence-electron chi connectivity index (χ2n) is 4.16. The van der Waals surface area contributed by atoms with Gasteiger partial charge in [-0.1, -0.05) is 12.1 Å². The van der Waals surface area contributed by atoms with Crippen molar-refractivity contribution in [3.05, 3.63) is 47.5 Å². The van der Waals surface area contributed by atoms with Crippen LogP contribution in [0.2, 0.25) is 0 Å². The van der Waals surface area contributed by atoms with Crippen molar-refractivity contribution in [2.24, 2.45) is 0 Å². The molecule has 3 heteroatoms. The van der Waals surface area contributed by atoms with Gasteiger partial charge in [0.05, 0.1) is 6.10 Å². The Bertz CT molecular complexity index is 637. The zero-order valence-electron chi connectivity index (χ0n) is 9.47. The van der Waals surface area contributed by atoms with Gasteiger partial charge in [0.1, 0.15) is 0 Å². The van der Waals surface area contributed by atoms with Gasteiger partial charge in [-0.2, -0.15) is 0 Å². The molecule has 2 heterocycles. The highest BCUT2D eigenvalue weighted by atomic mass is 32.1. The second-order valence-corrected chi connectivity index (χ2v) is 5.11. The van der Waals surface area contributed by atoms with E-state index in [1.807, 2.05) is 6.20 Å². The zero-order chi connectivity index (χ0) is 11.8. The largest absolute Gasteiger partial charge is 0.389 e. The van der Waals surface area contributed by atoms with Gasteiger partial charge < -0.3 is 10.1 Å². The van der Waals surface area contributed by atoms with Gasteiger partial charge in [0.25, 0.3) is 0 Å². The number of thiophene rings is 1. The molecule has 86 valence electrons. The van der Waals surface area contributed by atoms with E-state index in [-0.39, 0.29) is 0 Å². The minimum Gasteiger partial charge on any atom is -0.389 e. The molecule has 2 aromatic heterocycles. The van der Waals surface area contributed by atoms with E-state index in [4.69, 9.17) is 0 Å². The number of nitrogens with one attached hydrogen (secondary N) is 1. The number of aromatic amines is 1. The summed E-state index contributed by atoms with van der Waals surface area (Å²) in [5.41, 5.74) is 3.23. The average molecular weight is 243 g/mol.